The molecule has 0 radical (unpaired) electrons. The number of carbonyl (C=O) groups is 2. The van der Waals surface area contributed by atoms with Crippen LogP contribution in [0.1, 0.15) is 25.4 Å². The Labute approximate surface area is 166 Å². The summed E-state index contributed by atoms with van der Waals surface area (Å²) < 4.78 is 24.0. The number of hydrogen-bond donors (Lipinski definition) is 1. The Morgan fingerprint density at radius 3 is 2.54 bits per heavy atom. The summed E-state index contributed by atoms with van der Waals surface area (Å²) in [5.74, 6) is -1.08. The van der Waals surface area contributed by atoms with E-state index < -0.39 is 27.9 Å². The van der Waals surface area contributed by atoms with Crippen LogP contribution in [0.15, 0.2) is 13.6 Å². The fraction of sp³-hybridized carbons (Fsp3) is 0.706. The number of thioether (sulfide) groups is 1. The highest BCUT2D eigenvalue weighted by Gasteiger charge is 2.37. The molecule has 158 valence electrons. The predicted octanol–water partition coefficient (Wildman–Crippen LogP) is 0.892. The standard InChI is InChI=1S/C17H26N2O8S/c1-11-12(27-15(21)26-11)10-25-16(22)28-17(2,3)13(18)14(20)24-9-6-19-4-7-23-8-5-19/h13H,4-10,18H2,1-3H3/t13-/m0/s1. The predicted molar refractivity (Wildman–Crippen MR) is 100 cm³/mol. The first kappa shape index (κ1) is 22.5. The molecule has 2 rings (SSSR count). The van der Waals surface area contributed by atoms with Gasteiger partial charge in [-0.2, -0.15) is 0 Å². The van der Waals surface area contributed by atoms with Crippen molar-refractivity contribution in [3.05, 3.63) is 22.1 Å². The molecule has 2 heterocycles. The van der Waals surface area contributed by atoms with Crippen molar-refractivity contribution in [2.75, 3.05) is 39.5 Å². The molecule has 0 unspecified atom stereocenters. The molecular weight excluding hydrogens is 392 g/mol. The third-order valence-corrected chi connectivity index (χ3v) is 5.33. The molecular formula is C17H26N2O8S. The van der Waals surface area contributed by atoms with Gasteiger partial charge in [0.2, 0.25) is 0 Å². The quantitative estimate of drug-likeness (QED) is 0.603. The van der Waals surface area contributed by atoms with Gasteiger partial charge >= 0.3 is 17.1 Å². The Hall–Kier alpha value is -1.82. The van der Waals surface area contributed by atoms with Gasteiger partial charge in [0.15, 0.2) is 18.1 Å². The first-order valence-corrected chi connectivity index (χ1v) is 9.68. The number of ether oxygens (including phenoxy) is 3. The number of hydrogen-bond acceptors (Lipinski definition) is 11. The molecule has 0 bridgehead atoms. The van der Waals surface area contributed by atoms with Gasteiger partial charge in [0.1, 0.15) is 12.6 Å². The summed E-state index contributed by atoms with van der Waals surface area (Å²) in [4.78, 5) is 37.4. The monoisotopic (exact) mass is 418 g/mol. The highest BCUT2D eigenvalue weighted by molar-refractivity contribution is 8.14. The molecule has 1 fully saturated rings. The molecule has 28 heavy (non-hydrogen) atoms. The largest absolute Gasteiger partial charge is 0.519 e. The van der Waals surface area contributed by atoms with Crippen LogP contribution in [0.2, 0.25) is 0 Å². The van der Waals surface area contributed by atoms with Gasteiger partial charge < -0.3 is 28.8 Å². The topological polar surface area (TPSA) is 134 Å². The zero-order valence-electron chi connectivity index (χ0n) is 16.2. The van der Waals surface area contributed by atoms with Crippen LogP contribution in [0.4, 0.5) is 4.79 Å². The van der Waals surface area contributed by atoms with Gasteiger partial charge in [-0.25, -0.2) is 9.59 Å². The second-order valence-corrected chi connectivity index (χ2v) is 8.37. The fourth-order valence-corrected chi connectivity index (χ4v) is 3.18. The van der Waals surface area contributed by atoms with E-state index in [2.05, 4.69) is 9.32 Å². The van der Waals surface area contributed by atoms with Gasteiger partial charge in [-0.3, -0.25) is 9.69 Å². The van der Waals surface area contributed by atoms with E-state index in [0.29, 0.717) is 19.8 Å². The summed E-state index contributed by atoms with van der Waals surface area (Å²) >= 11 is 0.767. The molecule has 0 saturated carbocycles. The second-order valence-electron chi connectivity index (χ2n) is 6.78. The van der Waals surface area contributed by atoms with Crippen LogP contribution in [0, 0.1) is 6.92 Å². The zero-order chi connectivity index (χ0) is 20.7. The van der Waals surface area contributed by atoms with Crippen molar-refractivity contribution in [1.29, 1.82) is 0 Å². The third kappa shape index (κ3) is 6.66. The molecule has 2 N–H and O–H groups in total. The number of aryl methyl sites for hydroxylation is 1. The van der Waals surface area contributed by atoms with Gasteiger partial charge in [-0.05, 0) is 32.5 Å². The maximum Gasteiger partial charge on any atom is 0.519 e. The number of esters is 1. The fourth-order valence-electron chi connectivity index (χ4n) is 2.41. The van der Waals surface area contributed by atoms with E-state index in [0.717, 1.165) is 24.9 Å². The van der Waals surface area contributed by atoms with Crippen LogP contribution >= 0.6 is 11.8 Å². The summed E-state index contributed by atoms with van der Waals surface area (Å²) in [5, 5.41) is -0.662. The SMILES string of the molecule is Cc1oc(=O)oc1COC(=O)SC(C)(C)[C@@H](N)C(=O)OCCN1CCOCC1. The molecule has 0 aliphatic carbocycles. The lowest BCUT2D eigenvalue weighted by Gasteiger charge is -2.29. The van der Waals surface area contributed by atoms with Gasteiger partial charge in [-0.15, -0.1) is 0 Å². The van der Waals surface area contributed by atoms with Crippen molar-refractivity contribution in [3.8, 4) is 0 Å². The van der Waals surface area contributed by atoms with Gasteiger partial charge in [0.05, 0.1) is 13.2 Å². The minimum absolute atomic E-state index is 0.128. The summed E-state index contributed by atoms with van der Waals surface area (Å²) in [6, 6.07) is -1.02. The molecule has 0 spiro atoms. The third-order valence-electron chi connectivity index (χ3n) is 4.26. The Morgan fingerprint density at radius 2 is 1.93 bits per heavy atom. The molecule has 0 aromatic carbocycles. The Kier molecular flexibility index (Phi) is 8.10. The molecule has 10 nitrogen and oxygen atoms in total. The molecule has 1 aliphatic rings. The van der Waals surface area contributed by atoms with Crippen molar-refractivity contribution in [2.45, 2.75) is 38.2 Å². The van der Waals surface area contributed by atoms with E-state index in [4.69, 9.17) is 24.4 Å². The number of nitrogens with zero attached hydrogens (tertiary/aromatic N) is 1. The molecule has 1 saturated heterocycles. The molecule has 1 aliphatic heterocycles. The first-order chi connectivity index (χ1) is 13.2. The maximum atomic E-state index is 12.2. The molecule has 1 atom stereocenters. The highest BCUT2D eigenvalue weighted by atomic mass is 32.2. The molecule has 0 amide bonds. The number of carbonyl (C=O) groups excluding carboxylic acids is 2. The van der Waals surface area contributed by atoms with Crippen LogP contribution in [-0.4, -0.2) is 66.4 Å². The van der Waals surface area contributed by atoms with Crippen LogP contribution in [0.25, 0.3) is 0 Å². The summed E-state index contributed by atoms with van der Waals surface area (Å²) in [6.07, 6.45) is 0. The molecule has 1 aromatic rings. The van der Waals surface area contributed by atoms with Crippen molar-refractivity contribution >= 4 is 23.0 Å². The van der Waals surface area contributed by atoms with Crippen LogP contribution in [0.3, 0.4) is 0 Å². The molecule has 11 heteroatoms. The average molecular weight is 418 g/mol. The van der Waals surface area contributed by atoms with Crippen LogP contribution in [-0.2, 0) is 25.6 Å². The van der Waals surface area contributed by atoms with Crippen LogP contribution in [0.5, 0.6) is 0 Å². The highest BCUT2D eigenvalue weighted by Crippen LogP contribution is 2.30. The first-order valence-electron chi connectivity index (χ1n) is 8.86. The minimum atomic E-state index is -1.02. The smallest absolute Gasteiger partial charge is 0.463 e. The van der Waals surface area contributed by atoms with E-state index in [1.165, 1.54) is 6.92 Å². The van der Waals surface area contributed by atoms with E-state index >= 15 is 0 Å². The number of morpholine rings is 1. The zero-order valence-corrected chi connectivity index (χ0v) is 17.0. The Balaban J connectivity index is 1.75. The van der Waals surface area contributed by atoms with E-state index in [1.54, 1.807) is 13.8 Å². The van der Waals surface area contributed by atoms with E-state index in [-0.39, 0.29) is 24.7 Å². The number of nitrogens with two attached hydrogens (primary N) is 1. The van der Waals surface area contributed by atoms with Gasteiger partial charge in [0, 0.05) is 24.4 Å². The normalized spacial score (nSPS) is 16.6. The number of rotatable bonds is 8. The lowest BCUT2D eigenvalue weighted by molar-refractivity contribution is -0.146. The lowest BCUT2D eigenvalue weighted by Crippen LogP contribution is -2.49. The van der Waals surface area contributed by atoms with Crippen molar-refractivity contribution in [1.82, 2.24) is 4.90 Å². The summed E-state index contributed by atoms with van der Waals surface area (Å²) in [7, 11) is 0. The average Bonchev–Trinajstić information content (AvgIpc) is 2.97. The van der Waals surface area contributed by atoms with Gasteiger partial charge in [-0.1, -0.05) is 0 Å². The van der Waals surface area contributed by atoms with Crippen molar-refractivity contribution in [2.24, 2.45) is 5.73 Å². The maximum absolute atomic E-state index is 12.2. The van der Waals surface area contributed by atoms with Gasteiger partial charge in [0.25, 0.3) is 0 Å². The second kappa shape index (κ2) is 10.1. The van der Waals surface area contributed by atoms with Crippen molar-refractivity contribution < 1.29 is 32.6 Å². The van der Waals surface area contributed by atoms with E-state index in [1.807, 2.05) is 0 Å². The van der Waals surface area contributed by atoms with Crippen molar-refractivity contribution in [3.63, 3.8) is 0 Å². The minimum Gasteiger partial charge on any atom is -0.463 e. The summed E-state index contributed by atoms with van der Waals surface area (Å²) in [6.45, 7) is 8.32. The lowest BCUT2D eigenvalue weighted by atomic mass is 10.1. The Morgan fingerprint density at radius 1 is 1.25 bits per heavy atom. The Bertz CT molecular complexity index is 723. The van der Waals surface area contributed by atoms with E-state index in [9.17, 15) is 14.4 Å². The van der Waals surface area contributed by atoms with Crippen LogP contribution < -0.4 is 11.6 Å². The molecule has 1 aromatic heterocycles. The summed E-state index contributed by atoms with van der Waals surface area (Å²) in [5.41, 5.74) is 5.99.